The molecule has 19 heavy (non-hydrogen) atoms. The van der Waals surface area contributed by atoms with Gasteiger partial charge in [0.25, 0.3) is 0 Å². The SMILES string of the molecule is CCNc1nc(NCC(N)CC)nc(NC(C)C)n1. The zero-order valence-electron chi connectivity index (χ0n) is 12.2. The predicted molar refractivity (Wildman–Crippen MR) is 79.5 cm³/mol. The van der Waals surface area contributed by atoms with E-state index in [-0.39, 0.29) is 12.1 Å². The molecule has 0 spiro atoms. The summed E-state index contributed by atoms with van der Waals surface area (Å²) >= 11 is 0. The van der Waals surface area contributed by atoms with Gasteiger partial charge in [-0.05, 0) is 27.2 Å². The molecule has 0 fully saturated rings. The zero-order chi connectivity index (χ0) is 14.3. The molecule has 0 aliphatic carbocycles. The molecular weight excluding hydrogens is 242 g/mol. The molecule has 7 nitrogen and oxygen atoms in total. The first-order valence-electron chi connectivity index (χ1n) is 6.81. The molecule has 0 bridgehead atoms. The molecule has 0 radical (unpaired) electrons. The van der Waals surface area contributed by atoms with Crippen LogP contribution in [0, 0.1) is 0 Å². The van der Waals surface area contributed by atoms with E-state index in [0.29, 0.717) is 24.4 Å². The van der Waals surface area contributed by atoms with E-state index in [2.05, 4.69) is 37.8 Å². The van der Waals surface area contributed by atoms with E-state index in [4.69, 9.17) is 5.73 Å². The first-order valence-corrected chi connectivity index (χ1v) is 6.81. The minimum absolute atomic E-state index is 0.0980. The van der Waals surface area contributed by atoms with Crippen LogP contribution in [0.25, 0.3) is 0 Å². The Bertz CT molecular complexity index is 380. The lowest BCUT2D eigenvalue weighted by Crippen LogP contribution is -2.29. The summed E-state index contributed by atoms with van der Waals surface area (Å²) in [6.07, 6.45) is 0.912. The van der Waals surface area contributed by atoms with Gasteiger partial charge in [0.2, 0.25) is 17.8 Å². The fourth-order valence-electron chi connectivity index (χ4n) is 1.38. The van der Waals surface area contributed by atoms with E-state index >= 15 is 0 Å². The second-order valence-electron chi connectivity index (χ2n) is 4.68. The van der Waals surface area contributed by atoms with E-state index in [0.717, 1.165) is 13.0 Å². The number of nitrogens with one attached hydrogen (secondary N) is 3. The Morgan fingerprint density at radius 1 is 1.00 bits per heavy atom. The molecule has 1 unspecified atom stereocenters. The lowest BCUT2D eigenvalue weighted by molar-refractivity contribution is 0.675. The molecule has 1 atom stereocenters. The topological polar surface area (TPSA) is 101 Å². The van der Waals surface area contributed by atoms with Crippen LogP contribution < -0.4 is 21.7 Å². The van der Waals surface area contributed by atoms with Crippen molar-refractivity contribution in [1.29, 1.82) is 0 Å². The molecule has 0 aliphatic heterocycles. The van der Waals surface area contributed by atoms with Crippen LogP contribution in [0.15, 0.2) is 0 Å². The summed E-state index contributed by atoms with van der Waals surface area (Å²) in [6.45, 7) is 9.54. The van der Waals surface area contributed by atoms with Gasteiger partial charge in [-0.1, -0.05) is 6.92 Å². The summed E-state index contributed by atoms with van der Waals surface area (Å²) in [5, 5.41) is 9.40. The Hall–Kier alpha value is -1.63. The molecule has 1 rings (SSSR count). The summed E-state index contributed by atoms with van der Waals surface area (Å²) in [4.78, 5) is 12.9. The highest BCUT2D eigenvalue weighted by Crippen LogP contribution is 2.10. The van der Waals surface area contributed by atoms with Crippen LogP contribution in [-0.4, -0.2) is 40.1 Å². The minimum Gasteiger partial charge on any atom is -0.354 e. The van der Waals surface area contributed by atoms with Crippen molar-refractivity contribution in [2.24, 2.45) is 5.73 Å². The molecule has 1 heterocycles. The predicted octanol–water partition coefficient (Wildman–Crippen LogP) is 1.27. The van der Waals surface area contributed by atoms with Crippen molar-refractivity contribution in [1.82, 2.24) is 15.0 Å². The van der Waals surface area contributed by atoms with Gasteiger partial charge in [-0.3, -0.25) is 0 Å². The van der Waals surface area contributed by atoms with Crippen molar-refractivity contribution >= 4 is 17.8 Å². The highest BCUT2D eigenvalue weighted by Gasteiger charge is 2.07. The lowest BCUT2D eigenvalue weighted by atomic mass is 10.2. The van der Waals surface area contributed by atoms with Gasteiger partial charge in [0.1, 0.15) is 0 Å². The van der Waals surface area contributed by atoms with Gasteiger partial charge in [-0.15, -0.1) is 0 Å². The van der Waals surface area contributed by atoms with Gasteiger partial charge >= 0.3 is 0 Å². The Morgan fingerprint density at radius 3 is 2.11 bits per heavy atom. The van der Waals surface area contributed by atoms with Gasteiger partial charge in [-0.2, -0.15) is 15.0 Å². The molecule has 0 aliphatic rings. The maximum atomic E-state index is 5.87. The van der Waals surface area contributed by atoms with Crippen LogP contribution in [0.2, 0.25) is 0 Å². The summed E-state index contributed by atoms with van der Waals surface area (Å²) in [7, 11) is 0. The van der Waals surface area contributed by atoms with Crippen LogP contribution in [-0.2, 0) is 0 Å². The summed E-state index contributed by atoms with van der Waals surface area (Å²) in [5.41, 5.74) is 5.87. The normalized spacial score (nSPS) is 12.3. The van der Waals surface area contributed by atoms with E-state index < -0.39 is 0 Å². The molecule has 7 heteroatoms. The van der Waals surface area contributed by atoms with Gasteiger partial charge in [0, 0.05) is 25.2 Å². The highest BCUT2D eigenvalue weighted by atomic mass is 15.3. The Kier molecular flexibility index (Phi) is 6.27. The molecule has 0 aromatic carbocycles. The molecule has 0 amide bonds. The van der Waals surface area contributed by atoms with E-state index in [1.54, 1.807) is 0 Å². The van der Waals surface area contributed by atoms with Crippen LogP contribution in [0.3, 0.4) is 0 Å². The van der Waals surface area contributed by atoms with Crippen molar-refractivity contribution in [3.05, 3.63) is 0 Å². The molecular formula is C12H25N7. The number of hydrogen-bond acceptors (Lipinski definition) is 7. The number of nitrogens with zero attached hydrogens (tertiary/aromatic N) is 3. The molecule has 5 N–H and O–H groups in total. The first kappa shape index (κ1) is 15.4. The first-order chi connectivity index (χ1) is 9.05. The fourth-order valence-corrected chi connectivity index (χ4v) is 1.38. The van der Waals surface area contributed by atoms with Gasteiger partial charge in [0.15, 0.2) is 0 Å². The average Bonchev–Trinajstić information content (AvgIpc) is 2.35. The quantitative estimate of drug-likeness (QED) is 0.562. The minimum atomic E-state index is 0.0980. The van der Waals surface area contributed by atoms with Crippen molar-refractivity contribution < 1.29 is 0 Å². The van der Waals surface area contributed by atoms with Crippen molar-refractivity contribution in [3.8, 4) is 0 Å². The molecule has 0 saturated carbocycles. The van der Waals surface area contributed by atoms with Crippen LogP contribution >= 0.6 is 0 Å². The van der Waals surface area contributed by atoms with Gasteiger partial charge < -0.3 is 21.7 Å². The van der Waals surface area contributed by atoms with E-state index in [1.165, 1.54) is 0 Å². The van der Waals surface area contributed by atoms with Crippen molar-refractivity contribution in [3.63, 3.8) is 0 Å². The molecule has 108 valence electrons. The van der Waals surface area contributed by atoms with Crippen LogP contribution in [0.5, 0.6) is 0 Å². The molecule has 1 aromatic heterocycles. The number of hydrogen-bond donors (Lipinski definition) is 4. The van der Waals surface area contributed by atoms with E-state index in [9.17, 15) is 0 Å². The Labute approximate surface area is 114 Å². The van der Waals surface area contributed by atoms with Gasteiger partial charge in [0.05, 0.1) is 0 Å². The third-order valence-corrected chi connectivity index (χ3v) is 2.43. The lowest BCUT2D eigenvalue weighted by Gasteiger charge is -2.14. The monoisotopic (exact) mass is 267 g/mol. The van der Waals surface area contributed by atoms with Crippen molar-refractivity contribution in [2.75, 3.05) is 29.0 Å². The Morgan fingerprint density at radius 2 is 1.58 bits per heavy atom. The third kappa shape index (κ3) is 5.69. The fraction of sp³-hybridized carbons (Fsp3) is 0.750. The maximum absolute atomic E-state index is 5.87. The van der Waals surface area contributed by atoms with E-state index in [1.807, 2.05) is 20.8 Å². The largest absolute Gasteiger partial charge is 0.354 e. The van der Waals surface area contributed by atoms with Crippen LogP contribution in [0.4, 0.5) is 17.8 Å². The Balaban J connectivity index is 2.79. The number of nitrogens with two attached hydrogens (primary N) is 1. The maximum Gasteiger partial charge on any atom is 0.229 e. The standard InChI is InChI=1S/C12H25N7/c1-5-9(13)7-15-11-17-10(14-6-2)18-12(19-11)16-8(3)4/h8-9H,5-7,13H2,1-4H3,(H3,14,15,16,17,18,19). The second kappa shape index (κ2) is 7.73. The average molecular weight is 267 g/mol. The smallest absolute Gasteiger partial charge is 0.229 e. The van der Waals surface area contributed by atoms with Crippen molar-refractivity contribution in [2.45, 2.75) is 46.2 Å². The highest BCUT2D eigenvalue weighted by molar-refractivity contribution is 5.42. The number of rotatable bonds is 8. The summed E-state index contributed by atoms with van der Waals surface area (Å²) in [5.74, 6) is 1.67. The molecule has 0 saturated heterocycles. The van der Waals surface area contributed by atoms with Gasteiger partial charge in [-0.25, -0.2) is 0 Å². The zero-order valence-corrected chi connectivity index (χ0v) is 12.2. The third-order valence-electron chi connectivity index (χ3n) is 2.43. The van der Waals surface area contributed by atoms with Crippen LogP contribution in [0.1, 0.15) is 34.1 Å². The number of aromatic nitrogens is 3. The summed E-state index contributed by atoms with van der Waals surface area (Å²) < 4.78 is 0. The second-order valence-corrected chi connectivity index (χ2v) is 4.68. The number of anilines is 3. The molecule has 1 aromatic rings. The summed E-state index contributed by atoms with van der Waals surface area (Å²) in [6, 6.07) is 0.364.